The number of amides is 1. The Hall–Kier alpha value is -1.85. The Kier molecular flexibility index (Phi) is 6.62. The lowest BCUT2D eigenvalue weighted by Gasteiger charge is -2.21. The van der Waals surface area contributed by atoms with Crippen LogP contribution in [0.3, 0.4) is 0 Å². The highest BCUT2D eigenvalue weighted by Gasteiger charge is 2.20. The lowest BCUT2D eigenvalue weighted by Crippen LogP contribution is -2.36. The van der Waals surface area contributed by atoms with Crippen LogP contribution < -0.4 is 4.90 Å². The van der Waals surface area contributed by atoms with Crippen LogP contribution in [-0.4, -0.2) is 23.8 Å². The topological polar surface area (TPSA) is 46.6 Å². The normalized spacial score (nSPS) is 10.2. The molecule has 2 aromatic rings. The molecule has 2 aromatic carbocycles. The Morgan fingerprint density at radius 2 is 1.70 bits per heavy atom. The second kappa shape index (κ2) is 8.70. The molecule has 0 spiro atoms. The molecule has 0 fully saturated rings. The van der Waals surface area contributed by atoms with Gasteiger partial charge in [0.2, 0.25) is 0 Å². The lowest BCUT2D eigenvalue weighted by molar-refractivity contribution is -0.115. The Morgan fingerprint density at radius 3 is 2.30 bits per heavy atom. The Morgan fingerprint density at radius 1 is 1.04 bits per heavy atom. The molecule has 0 radical (unpaired) electrons. The van der Waals surface area contributed by atoms with E-state index in [4.69, 9.17) is 16.3 Å². The summed E-state index contributed by atoms with van der Waals surface area (Å²) in [5, 5.41) is 0.724. The van der Waals surface area contributed by atoms with E-state index in [1.807, 2.05) is 30.3 Å². The SMILES string of the molecule is O=C(CBr)CN(C(=O)OCc1ccccc1)c1ccc(Cl)cc1. The summed E-state index contributed by atoms with van der Waals surface area (Å²) >= 11 is 8.96. The van der Waals surface area contributed by atoms with Crippen molar-refractivity contribution < 1.29 is 14.3 Å². The highest BCUT2D eigenvalue weighted by molar-refractivity contribution is 9.09. The van der Waals surface area contributed by atoms with Crippen LogP contribution >= 0.6 is 27.5 Å². The quantitative estimate of drug-likeness (QED) is 0.678. The van der Waals surface area contributed by atoms with E-state index in [2.05, 4.69) is 15.9 Å². The summed E-state index contributed by atoms with van der Waals surface area (Å²) in [5.41, 5.74) is 1.44. The average molecular weight is 397 g/mol. The number of carbonyl (C=O) groups excluding carboxylic acids is 2. The molecule has 0 N–H and O–H groups in total. The fourth-order valence-corrected chi connectivity index (χ4v) is 2.20. The van der Waals surface area contributed by atoms with Crippen LogP contribution in [0.5, 0.6) is 0 Å². The van der Waals surface area contributed by atoms with Gasteiger partial charge in [-0.1, -0.05) is 57.9 Å². The average Bonchev–Trinajstić information content (AvgIpc) is 2.59. The van der Waals surface area contributed by atoms with E-state index in [1.54, 1.807) is 24.3 Å². The van der Waals surface area contributed by atoms with Gasteiger partial charge in [0.1, 0.15) is 6.61 Å². The standard InChI is InChI=1S/C17H15BrClNO3/c18-10-16(21)11-20(15-8-6-14(19)7-9-15)17(22)23-12-13-4-2-1-3-5-13/h1-9H,10-12H2. The molecule has 6 heteroatoms. The predicted octanol–water partition coefficient (Wildman–Crippen LogP) is 4.45. The third kappa shape index (κ3) is 5.37. The first-order valence-corrected chi connectivity index (χ1v) is 8.41. The molecule has 1 amide bonds. The molecule has 0 unspecified atom stereocenters. The zero-order chi connectivity index (χ0) is 16.7. The summed E-state index contributed by atoms with van der Waals surface area (Å²) in [7, 11) is 0. The second-order valence-corrected chi connectivity index (χ2v) is 5.77. The van der Waals surface area contributed by atoms with Gasteiger partial charge in [0.05, 0.1) is 11.9 Å². The number of nitrogens with zero attached hydrogens (tertiary/aromatic N) is 1. The summed E-state index contributed by atoms with van der Waals surface area (Å²) in [6.07, 6.45) is -0.578. The van der Waals surface area contributed by atoms with Gasteiger partial charge in [0.15, 0.2) is 5.78 Å². The number of rotatable bonds is 6. The van der Waals surface area contributed by atoms with Crippen LogP contribution in [0.2, 0.25) is 5.02 Å². The van der Waals surface area contributed by atoms with E-state index in [9.17, 15) is 9.59 Å². The van der Waals surface area contributed by atoms with Crippen molar-refractivity contribution in [1.82, 2.24) is 0 Å². The molecule has 4 nitrogen and oxygen atoms in total. The van der Waals surface area contributed by atoms with Gasteiger partial charge >= 0.3 is 6.09 Å². The molecule has 2 rings (SSSR count). The fraction of sp³-hybridized carbons (Fsp3) is 0.176. The summed E-state index contributed by atoms with van der Waals surface area (Å²) in [5.74, 6) is -0.128. The van der Waals surface area contributed by atoms with Crippen LogP contribution in [0, 0.1) is 0 Å². The number of Topliss-reactive ketones (excluding diaryl/α,β-unsaturated/α-hetero) is 1. The van der Waals surface area contributed by atoms with Crippen molar-refractivity contribution in [2.75, 3.05) is 16.8 Å². The molecule has 0 aliphatic heterocycles. The highest BCUT2D eigenvalue weighted by atomic mass is 79.9. The Balaban J connectivity index is 2.10. The summed E-state index contributed by atoms with van der Waals surface area (Å²) in [6.45, 7) is 0.0762. The maximum atomic E-state index is 12.4. The van der Waals surface area contributed by atoms with Crippen LogP contribution in [0.4, 0.5) is 10.5 Å². The van der Waals surface area contributed by atoms with Crippen molar-refractivity contribution in [1.29, 1.82) is 0 Å². The van der Waals surface area contributed by atoms with Crippen molar-refractivity contribution >= 4 is 45.1 Å². The van der Waals surface area contributed by atoms with Crippen molar-refractivity contribution in [3.8, 4) is 0 Å². The van der Waals surface area contributed by atoms with E-state index in [0.29, 0.717) is 10.7 Å². The van der Waals surface area contributed by atoms with Crippen molar-refractivity contribution in [3.05, 3.63) is 65.2 Å². The minimum absolute atomic E-state index is 0.0689. The van der Waals surface area contributed by atoms with Gasteiger partial charge in [-0.05, 0) is 29.8 Å². The van der Waals surface area contributed by atoms with Gasteiger partial charge in [-0.15, -0.1) is 0 Å². The van der Waals surface area contributed by atoms with Crippen molar-refractivity contribution in [2.45, 2.75) is 6.61 Å². The largest absolute Gasteiger partial charge is 0.444 e. The zero-order valence-electron chi connectivity index (χ0n) is 12.2. The first-order chi connectivity index (χ1) is 11.1. The summed E-state index contributed by atoms with van der Waals surface area (Å²) < 4.78 is 5.31. The molecular formula is C17H15BrClNO3. The third-order valence-corrected chi connectivity index (χ3v) is 3.92. The Bertz CT molecular complexity index is 661. The number of hydrogen-bond acceptors (Lipinski definition) is 3. The second-order valence-electron chi connectivity index (χ2n) is 4.78. The van der Waals surface area contributed by atoms with Crippen LogP contribution in [0.25, 0.3) is 0 Å². The number of benzene rings is 2. The highest BCUT2D eigenvalue weighted by Crippen LogP contribution is 2.19. The van der Waals surface area contributed by atoms with E-state index in [0.717, 1.165) is 5.56 Å². The van der Waals surface area contributed by atoms with Gasteiger partial charge in [-0.25, -0.2) is 4.79 Å². The summed E-state index contributed by atoms with van der Waals surface area (Å²) in [6, 6.07) is 16.0. The Labute approximate surface area is 148 Å². The molecule has 0 aliphatic rings. The van der Waals surface area contributed by atoms with E-state index >= 15 is 0 Å². The first-order valence-electron chi connectivity index (χ1n) is 6.91. The molecule has 0 aromatic heterocycles. The lowest BCUT2D eigenvalue weighted by atomic mass is 10.2. The van der Waals surface area contributed by atoms with Crippen molar-refractivity contribution in [2.24, 2.45) is 0 Å². The maximum Gasteiger partial charge on any atom is 0.415 e. The monoisotopic (exact) mass is 395 g/mol. The number of ketones is 1. The zero-order valence-corrected chi connectivity index (χ0v) is 14.6. The van der Waals surface area contributed by atoms with E-state index in [-0.39, 0.29) is 24.3 Å². The molecule has 0 bridgehead atoms. The van der Waals surface area contributed by atoms with Gasteiger partial charge in [0, 0.05) is 10.7 Å². The molecule has 120 valence electrons. The van der Waals surface area contributed by atoms with Crippen LogP contribution in [0.1, 0.15) is 5.56 Å². The predicted molar refractivity (Wildman–Crippen MR) is 94.2 cm³/mol. The number of halogens is 2. The molecule has 0 aliphatic carbocycles. The third-order valence-electron chi connectivity index (χ3n) is 3.05. The molecule has 23 heavy (non-hydrogen) atoms. The number of carbonyl (C=O) groups is 2. The minimum Gasteiger partial charge on any atom is -0.444 e. The van der Waals surface area contributed by atoms with Gasteiger partial charge < -0.3 is 4.74 Å². The number of ether oxygens (including phenoxy) is 1. The molecular weight excluding hydrogens is 382 g/mol. The molecule has 0 saturated carbocycles. The number of anilines is 1. The smallest absolute Gasteiger partial charge is 0.415 e. The van der Waals surface area contributed by atoms with E-state index < -0.39 is 6.09 Å². The van der Waals surface area contributed by atoms with Gasteiger partial charge in [-0.2, -0.15) is 0 Å². The molecule has 0 atom stereocenters. The maximum absolute atomic E-state index is 12.4. The van der Waals surface area contributed by atoms with Crippen LogP contribution in [0.15, 0.2) is 54.6 Å². The van der Waals surface area contributed by atoms with Gasteiger partial charge in [0.25, 0.3) is 0 Å². The first kappa shape index (κ1) is 17.5. The molecule has 0 saturated heterocycles. The summed E-state index contributed by atoms with van der Waals surface area (Å²) in [4.78, 5) is 25.4. The van der Waals surface area contributed by atoms with Gasteiger partial charge in [-0.3, -0.25) is 9.69 Å². The number of alkyl halides is 1. The number of hydrogen-bond donors (Lipinski definition) is 0. The minimum atomic E-state index is -0.578. The molecule has 0 heterocycles. The fourth-order valence-electron chi connectivity index (χ4n) is 1.90. The van der Waals surface area contributed by atoms with Crippen LogP contribution in [-0.2, 0) is 16.1 Å². The van der Waals surface area contributed by atoms with E-state index in [1.165, 1.54) is 4.90 Å². The van der Waals surface area contributed by atoms with Crippen molar-refractivity contribution in [3.63, 3.8) is 0 Å².